The molecule has 0 spiro atoms. The van der Waals surface area contributed by atoms with E-state index in [-0.39, 0.29) is 11.9 Å². The Kier molecular flexibility index (Phi) is 4.97. The number of aromatic nitrogens is 2. The van der Waals surface area contributed by atoms with Crippen molar-refractivity contribution in [3.8, 4) is 11.5 Å². The topological polar surface area (TPSA) is 59.5 Å². The third kappa shape index (κ3) is 3.74. The van der Waals surface area contributed by atoms with Gasteiger partial charge in [0.25, 0.3) is 0 Å². The Labute approximate surface area is 176 Å². The summed E-state index contributed by atoms with van der Waals surface area (Å²) in [6.07, 6.45) is 3.96. The molecule has 2 aliphatic heterocycles. The average Bonchev–Trinajstić information content (AvgIpc) is 3.23. The van der Waals surface area contributed by atoms with Gasteiger partial charge in [-0.25, -0.2) is 14.4 Å². The van der Waals surface area contributed by atoms with E-state index in [0.717, 1.165) is 25.0 Å². The van der Waals surface area contributed by atoms with Gasteiger partial charge in [0.2, 0.25) is 0 Å². The van der Waals surface area contributed by atoms with Crippen molar-refractivity contribution < 1.29 is 13.9 Å². The van der Waals surface area contributed by atoms with Crippen molar-refractivity contribution in [2.45, 2.75) is 18.9 Å². The number of ether oxygens (including phenoxy) is 2. The summed E-state index contributed by atoms with van der Waals surface area (Å²) < 4.78 is 26.9. The lowest BCUT2D eigenvalue weighted by atomic mass is 10.1. The van der Waals surface area contributed by atoms with Crippen LogP contribution < -0.4 is 14.8 Å². The average molecular weight is 459 g/mol. The maximum absolute atomic E-state index is 14.4. The van der Waals surface area contributed by atoms with Crippen molar-refractivity contribution in [2.75, 3.05) is 31.6 Å². The van der Waals surface area contributed by atoms with Gasteiger partial charge in [-0.3, -0.25) is 4.90 Å². The molecule has 5 rings (SSSR count). The molecular weight excluding hydrogens is 439 g/mol. The first-order chi connectivity index (χ1) is 14.2. The number of rotatable bonds is 4. The first-order valence-corrected chi connectivity index (χ1v) is 10.5. The molecule has 29 heavy (non-hydrogen) atoms. The van der Waals surface area contributed by atoms with Gasteiger partial charge >= 0.3 is 0 Å². The van der Waals surface area contributed by atoms with Crippen LogP contribution >= 0.6 is 15.9 Å². The Morgan fingerprint density at radius 2 is 2.03 bits per heavy atom. The fourth-order valence-electron chi connectivity index (χ4n) is 3.84. The van der Waals surface area contributed by atoms with Gasteiger partial charge in [0.1, 0.15) is 24.9 Å². The van der Waals surface area contributed by atoms with Crippen LogP contribution in [0.1, 0.15) is 12.8 Å². The van der Waals surface area contributed by atoms with E-state index < -0.39 is 0 Å². The third-order valence-corrected chi connectivity index (χ3v) is 5.90. The zero-order valence-electron chi connectivity index (χ0n) is 15.7. The minimum absolute atomic E-state index is 0.00764. The second kappa shape index (κ2) is 7.76. The van der Waals surface area contributed by atoms with Crippen LogP contribution in [0.5, 0.6) is 11.5 Å². The van der Waals surface area contributed by atoms with Gasteiger partial charge in [-0.15, -0.1) is 0 Å². The number of likely N-dealkylation sites (tertiary alicyclic amines) is 1. The molecule has 1 N–H and O–H groups in total. The van der Waals surface area contributed by atoms with Gasteiger partial charge in [0.05, 0.1) is 15.7 Å². The molecule has 0 amide bonds. The Bertz CT molecular complexity index is 1060. The fourth-order valence-corrected chi connectivity index (χ4v) is 4.20. The molecule has 1 aromatic heterocycles. The smallest absolute Gasteiger partial charge is 0.164 e. The molecule has 0 bridgehead atoms. The summed E-state index contributed by atoms with van der Waals surface area (Å²) in [4.78, 5) is 11.1. The third-order valence-electron chi connectivity index (χ3n) is 5.28. The molecule has 0 radical (unpaired) electrons. The SMILES string of the molecule is Fc1c(Br)cccc1Nc1ncnc2cc3c(cc12)OCC(CN1CCCC1)O3. The van der Waals surface area contributed by atoms with E-state index in [1.165, 1.54) is 19.2 Å². The number of benzene rings is 2. The van der Waals surface area contributed by atoms with Crippen molar-refractivity contribution >= 4 is 38.3 Å². The Morgan fingerprint density at radius 1 is 1.17 bits per heavy atom. The number of hydrogen-bond donors (Lipinski definition) is 1. The fraction of sp³-hybridized carbons (Fsp3) is 0.333. The molecule has 3 heterocycles. The maximum atomic E-state index is 14.4. The van der Waals surface area contributed by atoms with Gasteiger partial charge in [-0.05, 0) is 60.1 Å². The van der Waals surface area contributed by atoms with E-state index in [1.807, 2.05) is 12.1 Å². The van der Waals surface area contributed by atoms with E-state index in [0.29, 0.717) is 39.6 Å². The predicted octanol–water partition coefficient (Wildman–Crippen LogP) is 4.51. The molecule has 2 aliphatic rings. The summed E-state index contributed by atoms with van der Waals surface area (Å²) in [5.74, 6) is 1.48. The molecule has 0 saturated carbocycles. The molecule has 1 saturated heterocycles. The maximum Gasteiger partial charge on any atom is 0.164 e. The van der Waals surface area contributed by atoms with Gasteiger partial charge in [-0.1, -0.05) is 6.07 Å². The van der Waals surface area contributed by atoms with Crippen LogP contribution in [0.4, 0.5) is 15.9 Å². The molecule has 1 unspecified atom stereocenters. The molecule has 3 aromatic rings. The Balaban J connectivity index is 1.43. The molecule has 8 heteroatoms. The van der Waals surface area contributed by atoms with Crippen molar-refractivity contribution in [3.05, 3.63) is 46.9 Å². The molecule has 0 aliphatic carbocycles. The van der Waals surface area contributed by atoms with Gasteiger partial charge in [0, 0.05) is 18.0 Å². The highest BCUT2D eigenvalue weighted by atomic mass is 79.9. The lowest BCUT2D eigenvalue weighted by Gasteiger charge is -2.29. The zero-order valence-corrected chi connectivity index (χ0v) is 17.3. The number of halogens is 2. The highest BCUT2D eigenvalue weighted by molar-refractivity contribution is 9.10. The van der Waals surface area contributed by atoms with E-state index in [9.17, 15) is 4.39 Å². The van der Waals surface area contributed by atoms with Crippen LogP contribution in [0.3, 0.4) is 0 Å². The van der Waals surface area contributed by atoms with Crippen LogP contribution in [0.25, 0.3) is 10.9 Å². The number of fused-ring (bicyclic) bond motifs is 2. The first kappa shape index (κ1) is 18.6. The Morgan fingerprint density at radius 3 is 2.90 bits per heavy atom. The molecule has 1 atom stereocenters. The molecule has 2 aromatic carbocycles. The second-order valence-electron chi connectivity index (χ2n) is 7.32. The van der Waals surface area contributed by atoms with Crippen LogP contribution in [-0.2, 0) is 0 Å². The van der Waals surface area contributed by atoms with Crippen LogP contribution in [0.15, 0.2) is 41.1 Å². The summed E-state index contributed by atoms with van der Waals surface area (Å²) in [5.41, 5.74) is 1.04. The minimum Gasteiger partial charge on any atom is -0.486 e. The summed E-state index contributed by atoms with van der Waals surface area (Å²) in [6, 6.07) is 8.80. The van der Waals surface area contributed by atoms with E-state index >= 15 is 0 Å². The number of nitrogens with zero attached hydrogens (tertiary/aromatic N) is 3. The van der Waals surface area contributed by atoms with Gasteiger partial charge in [0.15, 0.2) is 17.3 Å². The van der Waals surface area contributed by atoms with Gasteiger partial charge < -0.3 is 14.8 Å². The van der Waals surface area contributed by atoms with Crippen molar-refractivity contribution in [3.63, 3.8) is 0 Å². The zero-order chi connectivity index (χ0) is 19.8. The monoisotopic (exact) mass is 458 g/mol. The number of hydrogen-bond acceptors (Lipinski definition) is 6. The van der Waals surface area contributed by atoms with Crippen LogP contribution in [-0.4, -0.2) is 47.2 Å². The number of anilines is 2. The van der Waals surface area contributed by atoms with Crippen molar-refractivity contribution in [1.82, 2.24) is 14.9 Å². The van der Waals surface area contributed by atoms with Crippen molar-refractivity contribution in [1.29, 1.82) is 0 Å². The normalized spacial score (nSPS) is 18.9. The lowest BCUT2D eigenvalue weighted by molar-refractivity contribution is 0.0653. The van der Waals surface area contributed by atoms with Crippen LogP contribution in [0, 0.1) is 5.82 Å². The van der Waals surface area contributed by atoms with E-state index in [4.69, 9.17) is 9.47 Å². The van der Waals surface area contributed by atoms with Gasteiger partial charge in [-0.2, -0.15) is 0 Å². The summed E-state index contributed by atoms with van der Waals surface area (Å²) in [6.45, 7) is 3.62. The Hall–Kier alpha value is -2.45. The van der Waals surface area contributed by atoms with E-state index in [1.54, 1.807) is 18.2 Å². The molecule has 1 fully saturated rings. The summed E-state index contributed by atoms with van der Waals surface area (Å²) in [5, 5.41) is 3.80. The summed E-state index contributed by atoms with van der Waals surface area (Å²) >= 11 is 3.21. The highest BCUT2D eigenvalue weighted by Crippen LogP contribution is 2.38. The number of nitrogens with one attached hydrogen (secondary N) is 1. The minimum atomic E-state index is -0.374. The quantitative estimate of drug-likeness (QED) is 0.620. The second-order valence-corrected chi connectivity index (χ2v) is 8.18. The lowest BCUT2D eigenvalue weighted by Crippen LogP contribution is -2.39. The standard InChI is InChI=1S/C21H20BrFN4O2/c22-15-4-3-5-16(20(15)23)26-21-14-8-18-19(9-17(14)24-12-25-21)29-13(11-28-18)10-27-6-1-2-7-27/h3-5,8-9,12-13H,1-2,6-7,10-11H2,(H,24,25,26). The predicted molar refractivity (Wildman–Crippen MR) is 113 cm³/mol. The largest absolute Gasteiger partial charge is 0.486 e. The molecule has 6 nitrogen and oxygen atoms in total. The molecular formula is C21H20BrFN4O2. The first-order valence-electron chi connectivity index (χ1n) is 9.69. The van der Waals surface area contributed by atoms with Crippen LogP contribution in [0.2, 0.25) is 0 Å². The van der Waals surface area contributed by atoms with Crippen molar-refractivity contribution in [2.24, 2.45) is 0 Å². The van der Waals surface area contributed by atoms with E-state index in [2.05, 4.69) is 36.1 Å². The molecule has 150 valence electrons. The highest BCUT2D eigenvalue weighted by Gasteiger charge is 2.26. The summed E-state index contributed by atoms with van der Waals surface area (Å²) in [7, 11) is 0.